The Morgan fingerprint density at radius 1 is 1.18 bits per heavy atom. The lowest BCUT2D eigenvalue weighted by Gasteiger charge is -2.07. The van der Waals surface area contributed by atoms with Crippen LogP contribution in [0.2, 0.25) is 0 Å². The van der Waals surface area contributed by atoms with Crippen LogP contribution < -0.4 is 9.46 Å². The zero-order valence-electron chi connectivity index (χ0n) is 11.8. The second-order valence-corrected chi connectivity index (χ2v) is 7.56. The lowest BCUT2D eigenvalue weighted by atomic mass is 10.3. The number of thiophene rings is 1. The van der Waals surface area contributed by atoms with Gasteiger partial charge in [0.15, 0.2) is 11.6 Å². The van der Waals surface area contributed by atoms with Crippen LogP contribution in [0.4, 0.5) is 8.78 Å². The minimum absolute atomic E-state index is 0.0102. The summed E-state index contributed by atoms with van der Waals surface area (Å²) < 4.78 is 57.5. The number of benzene rings is 1. The van der Waals surface area contributed by atoms with E-state index in [1.54, 1.807) is 12.1 Å². The van der Waals surface area contributed by atoms with Crippen molar-refractivity contribution in [2.45, 2.75) is 17.6 Å². The van der Waals surface area contributed by atoms with Gasteiger partial charge < -0.3 is 4.74 Å². The Balaban J connectivity index is 1.86. The minimum Gasteiger partial charge on any atom is -0.492 e. The topological polar surface area (TPSA) is 55.4 Å². The molecule has 0 aliphatic rings. The van der Waals surface area contributed by atoms with Crippen molar-refractivity contribution in [3.05, 3.63) is 46.8 Å². The summed E-state index contributed by atoms with van der Waals surface area (Å²) in [5, 5.41) is 0. The van der Waals surface area contributed by atoms with E-state index in [0.29, 0.717) is 0 Å². The first kappa shape index (κ1) is 16.9. The Kier molecular flexibility index (Phi) is 5.49. The average molecular weight is 347 g/mol. The summed E-state index contributed by atoms with van der Waals surface area (Å²) in [4.78, 5) is 0.985. The lowest BCUT2D eigenvalue weighted by molar-refractivity contribution is 0.319. The third kappa shape index (κ3) is 4.25. The van der Waals surface area contributed by atoms with Gasteiger partial charge in [0.2, 0.25) is 10.0 Å². The number of nitrogens with one attached hydrogen (secondary N) is 1. The van der Waals surface area contributed by atoms with Gasteiger partial charge in [0.1, 0.15) is 16.6 Å². The molecule has 0 aliphatic carbocycles. The second-order valence-electron chi connectivity index (χ2n) is 4.40. The molecular formula is C14H15F2NO3S2. The van der Waals surface area contributed by atoms with Gasteiger partial charge in [-0.3, -0.25) is 0 Å². The maximum absolute atomic E-state index is 13.0. The van der Waals surface area contributed by atoms with E-state index in [4.69, 9.17) is 4.74 Å². The number of rotatable bonds is 7. The molecule has 1 aromatic carbocycles. The molecule has 0 saturated carbocycles. The van der Waals surface area contributed by atoms with Crippen LogP contribution in [0, 0.1) is 11.6 Å². The number of halogens is 2. The monoisotopic (exact) mass is 347 g/mol. The molecule has 0 amide bonds. The SMILES string of the molecule is CCc1ccc(S(=O)(=O)NCCOc2ccc(F)c(F)c2)s1. The molecule has 0 bridgehead atoms. The van der Waals surface area contributed by atoms with Gasteiger partial charge in [0.25, 0.3) is 0 Å². The van der Waals surface area contributed by atoms with E-state index in [1.165, 1.54) is 17.4 Å². The molecule has 0 atom stereocenters. The second kappa shape index (κ2) is 7.17. The van der Waals surface area contributed by atoms with Crippen molar-refractivity contribution in [2.75, 3.05) is 13.2 Å². The summed E-state index contributed by atoms with van der Waals surface area (Å²) in [6.45, 7) is 1.99. The van der Waals surface area contributed by atoms with Gasteiger partial charge in [-0.15, -0.1) is 11.3 Å². The first-order valence-electron chi connectivity index (χ1n) is 6.58. The van der Waals surface area contributed by atoms with E-state index in [-0.39, 0.29) is 23.1 Å². The van der Waals surface area contributed by atoms with E-state index >= 15 is 0 Å². The van der Waals surface area contributed by atoms with Crippen LogP contribution in [-0.4, -0.2) is 21.6 Å². The quantitative estimate of drug-likeness (QED) is 0.784. The van der Waals surface area contributed by atoms with Crippen molar-refractivity contribution in [2.24, 2.45) is 0 Å². The zero-order valence-corrected chi connectivity index (χ0v) is 13.4. The van der Waals surface area contributed by atoms with Gasteiger partial charge in [-0.05, 0) is 30.7 Å². The first-order chi connectivity index (χ1) is 10.4. The number of hydrogen-bond acceptors (Lipinski definition) is 4. The van der Waals surface area contributed by atoms with Crippen molar-refractivity contribution in [3.63, 3.8) is 0 Å². The highest BCUT2D eigenvalue weighted by Crippen LogP contribution is 2.21. The number of aryl methyl sites for hydroxylation is 1. The predicted molar refractivity (Wildman–Crippen MR) is 80.7 cm³/mol. The Morgan fingerprint density at radius 3 is 2.59 bits per heavy atom. The Morgan fingerprint density at radius 2 is 1.95 bits per heavy atom. The van der Waals surface area contributed by atoms with Crippen molar-refractivity contribution in [3.8, 4) is 5.75 Å². The molecule has 0 radical (unpaired) electrons. The van der Waals surface area contributed by atoms with E-state index < -0.39 is 21.7 Å². The third-order valence-electron chi connectivity index (χ3n) is 2.80. The van der Waals surface area contributed by atoms with E-state index in [0.717, 1.165) is 23.4 Å². The highest BCUT2D eigenvalue weighted by Gasteiger charge is 2.15. The maximum Gasteiger partial charge on any atom is 0.250 e. The Hall–Kier alpha value is -1.51. The fraction of sp³-hybridized carbons (Fsp3) is 0.286. The molecule has 4 nitrogen and oxygen atoms in total. The molecule has 2 rings (SSSR count). The average Bonchev–Trinajstić information content (AvgIpc) is 2.97. The molecule has 0 fully saturated rings. The highest BCUT2D eigenvalue weighted by atomic mass is 32.2. The van der Waals surface area contributed by atoms with E-state index in [2.05, 4.69) is 4.72 Å². The minimum atomic E-state index is -3.56. The normalized spacial score (nSPS) is 11.6. The molecule has 0 unspecified atom stereocenters. The fourth-order valence-corrected chi connectivity index (χ4v) is 4.03. The summed E-state index contributed by atoms with van der Waals surface area (Å²) >= 11 is 1.22. The van der Waals surface area contributed by atoms with Crippen molar-refractivity contribution in [1.29, 1.82) is 0 Å². The first-order valence-corrected chi connectivity index (χ1v) is 8.88. The van der Waals surface area contributed by atoms with Crippen LogP contribution >= 0.6 is 11.3 Å². The lowest BCUT2D eigenvalue weighted by Crippen LogP contribution is -2.27. The van der Waals surface area contributed by atoms with Crippen molar-refractivity contribution >= 4 is 21.4 Å². The molecule has 22 heavy (non-hydrogen) atoms. The van der Waals surface area contributed by atoms with Crippen LogP contribution in [0.25, 0.3) is 0 Å². The van der Waals surface area contributed by atoms with Crippen LogP contribution in [0.5, 0.6) is 5.75 Å². The van der Waals surface area contributed by atoms with Crippen molar-refractivity contribution < 1.29 is 21.9 Å². The molecule has 0 aliphatic heterocycles. The molecule has 1 aromatic heterocycles. The van der Waals surface area contributed by atoms with Gasteiger partial charge in [-0.2, -0.15) is 0 Å². The maximum atomic E-state index is 13.0. The standard InChI is InChI=1S/C14H15F2NO3S2/c1-2-11-4-6-14(21-11)22(18,19)17-7-8-20-10-3-5-12(15)13(16)9-10/h3-6,9,17H,2,7-8H2,1H3. The fourth-order valence-electron chi connectivity index (χ4n) is 1.68. The molecule has 120 valence electrons. The molecule has 2 aromatic rings. The highest BCUT2D eigenvalue weighted by molar-refractivity contribution is 7.91. The number of sulfonamides is 1. The van der Waals surface area contributed by atoms with Gasteiger partial charge in [-0.25, -0.2) is 21.9 Å². The summed E-state index contributed by atoms with van der Waals surface area (Å²) in [6, 6.07) is 6.47. The number of ether oxygens (including phenoxy) is 1. The summed E-state index contributed by atoms with van der Waals surface area (Å²) in [5.74, 6) is -1.83. The Bertz CT molecular complexity index is 744. The number of hydrogen-bond donors (Lipinski definition) is 1. The zero-order chi connectivity index (χ0) is 16.2. The van der Waals surface area contributed by atoms with Crippen molar-refractivity contribution in [1.82, 2.24) is 4.72 Å². The molecule has 8 heteroatoms. The van der Waals surface area contributed by atoms with E-state index in [9.17, 15) is 17.2 Å². The van der Waals surface area contributed by atoms with Crippen LogP contribution in [0.3, 0.4) is 0 Å². The smallest absolute Gasteiger partial charge is 0.250 e. The van der Waals surface area contributed by atoms with Crippen LogP contribution in [0.15, 0.2) is 34.5 Å². The summed E-state index contributed by atoms with van der Waals surface area (Å²) in [7, 11) is -3.56. The molecule has 1 N–H and O–H groups in total. The third-order valence-corrected chi connectivity index (χ3v) is 5.99. The van der Waals surface area contributed by atoms with Gasteiger partial charge in [0.05, 0.1) is 0 Å². The van der Waals surface area contributed by atoms with Gasteiger partial charge in [-0.1, -0.05) is 6.92 Å². The largest absolute Gasteiger partial charge is 0.492 e. The van der Waals surface area contributed by atoms with E-state index in [1.807, 2.05) is 6.92 Å². The molecular weight excluding hydrogens is 332 g/mol. The predicted octanol–water partition coefficient (Wildman–Crippen LogP) is 2.95. The molecule has 0 saturated heterocycles. The summed E-state index contributed by atoms with van der Waals surface area (Å²) in [5.41, 5.74) is 0. The molecule has 0 spiro atoms. The Labute approximate surface area is 131 Å². The summed E-state index contributed by atoms with van der Waals surface area (Å²) in [6.07, 6.45) is 0.777. The van der Waals surface area contributed by atoms with Crippen LogP contribution in [0.1, 0.15) is 11.8 Å². The van der Waals surface area contributed by atoms with Crippen LogP contribution in [-0.2, 0) is 16.4 Å². The van der Waals surface area contributed by atoms with Gasteiger partial charge in [0, 0.05) is 17.5 Å². The molecule has 1 heterocycles. The van der Waals surface area contributed by atoms with Gasteiger partial charge >= 0.3 is 0 Å².